The predicted molar refractivity (Wildman–Crippen MR) is 433 cm³/mol. The van der Waals surface area contributed by atoms with Crippen molar-refractivity contribution in [1.82, 2.24) is 15.1 Å². The molecule has 6 aliphatic carbocycles. The summed E-state index contributed by atoms with van der Waals surface area (Å²) in [5, 5.41) is 13.6. The maximum absolute atomic E-state index is 14.7. The largest absolute Gasteiger partial charge is 0.462 e. The Morgan fingerprint density at radius 3 is 1.41 bits per heavy atom. The van der Waals surface area contributed by atoms with Crippen LogP contribution in [0.2, 0.25) is 0 Å². The van der Waals surface area contributed by atoms with Crippen molar-refractivity contribution in [3.05, 3.63) is 68.4 Å². The first-order chi connectivity index (χ1) is 55.1. The van der Waals surface area contributed by atoms with Gasteiger partial charge >= 0.3 is 11.9 Å². The highest BCUT2D eigenvalue weighted by atomic mass is 32.2. The number of esters is 2. The molecular formula is C88H140N4O22S. The number of ketones is 2. The van der Waals surface area contributed by atoms with Crippen molar-refractivity contribution in [1.29, 1.82) is 0 Å². The standard InChI is InChI=1S/C42H67NO10.C41H65NO10.C5H8N2O2S/c1-11-26-13-12-14-35(53-37-16-15-34(43(6)7)24(4)49-37)23(3)38(45)33-20-31-29(32(33)21-36(44)51-26)17-22(2)28-18-27(19-30(28)31)52-42-41(48-10)40(47-9)39(46-8)25(5)50-42;1-10-26-12-11-13-34(52-36-17-16-33(42(5)6)23(3)48-36)22(2)37(44)32-20-30-28(31(32)21-35(43)50-26)15-14-25-18-27(19-29(25)30)51-41-40(47-9)39(46-8)38(45-7)24(4)49-41;8-7(9)4-5-6-2-1-3-10-5/h17,20,23-32,34-35,37,39-42H,11-16,18-19,21H2,1-10H3;14-15,20,22-31,33-34,36,38-41H,10-13,16-19,21H2,1-9H3;4,6H,1-3H2/b;;5-4-/t23-,24-,25+,26+,27-,28+,29-,30-,31-,32+,34+,35+,37+,39+,40-,41-,42+;22-,23-,24+,25-,26+,27-,28-,29-,30-,31+,33+,34+,36+,38+,39-,40-,41+;/m11./s1. The molecule has 2 saturated carbocycles. The van der Waals surface area contributed by atoms with Gasteiger partial charge in [-0.15, -0.1) is 11.8 Å². The van der Waals surface area contributed by atoms with E-state index in [0.29, 0.717) is 41.8 Å². The summed E-state index contributed by atoms with van der Waals surface area (Å²) in [5.74, 6) is 1.01. The lowest BCUT2D eigenvalue weighted by atomic mass is 9.67. The molecule has 27 heteroatoms. The molecule has 0 aromatic carbocycles. The minimum atomic E-state index is -0.598. The first-order valence-electron chi connectivity index (χ1n) is 43.4. The van der Waals surface area contributed by atoms with E-state index in [2.05, 4.69) is 108 Å². The van der Waals surface area contributed by atoms with Gasteiger partial charge in [0.05, 0.1) is 66.6 Å². The molecule has 9 fully saturated rings. The maximum atomic E-state index is 14.7. The Hall–Kier alpha value is -4.11. The van der Waals surface area contributed by atoms with Crippen molar-refractivity contribution < 1.29 is 99.9 Å². The number of nitro groups is 1. The van der Waals surface area contributed by atoms with Crippen LogP contribution in [0.25, 0.3) is 0 Å². The van der Waals surface area contributed by atoms with Crippen LogP contribution >= 0.6 is 11.8 Å². The number of cyclic esters (lactones) is 2. The molecule has 0 amide bonds. The Labute approximate surface area is 688 Å². The molecule has 1 N–H and O–H groups in total. The molecule has 7 heterocycles. The number of allylic oxidation sites excluding steroid dienone is 8. The molecular weight excluding hydrogens is 1500 g/mol. The topological polar surface area (TPSA) is 278 Å². The quantitative estimate of drug-likeness (QED) is 0.0544. The second-order valence-electron chi connectivity index (χ2n) is 35.4. The third-order valence-electron chi connectivity index (χ3n) is 28.0. The van der Waals surface area contributed by atoms with Crippen LogP contribution in [0.3, 0.4) is 0 Å². The van der Waals surface area contributed by atoms with Gasteiger partial charge in [-0.3, -0.25) is 29.3 Å². The summed E-state index contributed by atoms with van der Waals surface area (Å²) in [6.45, 7) is 19.4. The number of methoxy groups -OCH3 is 6. The zero-order valence-corrected chi connectivity index (χ0v) is 73.0. The Kier molecular flexibility index (Phi) is 33.6. The number of fused-ring (bicyclic) bond motifs is 10. The van der Waals surface area contributed by atoms with E-state index in [1.165, 1.54) is 17.3 Å². The molecule has 7 aliphatic heterocycles. The zero-order chi connectivity index (χ0) is 82.8. The first-order valence-corrected chi connectivity index (χ1v) is 44.4. The molecule has 7 saturated heterocycles. The third kappa shape index (κ3) is 21.7. The molecule has 115 heavy (non-hydrogen) atoms. The van der Waals surface area contributed by atoms with Gasteiger partial charge in [0, 0.05) is 90.7 Å². The van der Waals surface area contributed by atoms with Gasteiger partial charge in [-0.05, 0) is 230 Å². The van der Waals surface area contributed by atoms with Crippen LogP contribution < -0.4 is 5.32 Å². The van der Waals surface area contributed by atoms with Gasteiger partial charge in [0.1, 0.15) is 53.9 Å². The van der Waals surface area contributed by atoms with E-state index in [1.54, 1.807) is 42.7 Å². The van der Waals surface area contributed by atoms with E-state index in [4.69, 9.17) is 75.8 Å². The van der Waals surface area contributed by atoms with Crippen LogP contribution in [0.1, 0.15) is 184 Å². The third-order valence-corrected chi connectivity index (χ3v) is 29.1. The van der Waals surface area contributed by atoms with Gasteiger partial charge in [0.25, 0.3) is 6.20 Å². The number of carbonyl (C=O) groups is 4. The number of nitrogens with one attached hydrogen (secondary N) is 1. The second kappa shape index (κ2) is 42.1. The molecule has 13 aliphatic rings. The van der Waals surface area contributed by atoms with Crippen LogP contribution in [0.15, 0.2) is 58.3 Å². The van der Waals surface area contributed by atoms with E-state index < -0.39 is 29.7 Å². The lowest BCUT2D eigenvalue weighted by molar-refractivity contribution is -0.403. The minimum Gasteiger partial charge on any atom is -0.462 e. The fourth-order valence-corrected chi connectivity index (χ4v) is 22.7. The number of thioether (sulfide) groups is 1. The number of hydrogen-bond donors (Lipinski definition) is 1. The normalized spacial score (nSPS) is 43.5. The molecule has 26 nitrogen and oxygen atoms in total. The molecule has 34 atom stereocenters. The summed E-state index contributed by atoms with van der Waals surface area (Å²) in [4.78, 5) is 70.4. The molecule has 0 bridgehead atoms. The number of likely N-dealkylation sites (N-methyl/N-ethyl adjacent to an activating group) is 2. The first kappa shape index (κ1) is 91.6. The van der Waals surface area contributed by atoms with Crippen LogP contribution in [0.5, 0.6) is 0 Å². The molecule has 0 radical (unpaired) electrons. The summed E-state index contributed by atoms with van der Waals surface area (Å²) in [6, 6.07) is 0.676. The smallest absolute Gasteiger partial charge is 0.306 e. The van der Waals surface area contributed by atoms with Crippen molar-refractivity contribution in [2.24, 2.45) is 71.0 Å². The van der Waals surface area contributed by atoms with Crippen molar-refractivity contribution >= 4 is 35.3 Å². The van der Waals surface area contributed by atoms with E-state index >= 15 is 0 Å². The number of hydrogen-bond acceptors (Lipinski definition) is 26. The van der Waals surface area contributed by atoms with Gasteiger partial charge in [-0.1, -0.05) is 63.6 Å². The highest BCUT2D eigenvalue weighted by Gasteiger charge is 2.57. The Morgan fingerprint density at radius 2 is 0.974 bits per heavy atom. The van der Waals surface area contributed by atoms with E-state index in [9.17, 15) is 29.3 Å². The highest BCUT2D eigenvalue weighted by molar-refractivity contribution is 8.03. The van der Waals surface area contributed by atoms with E-state index in [1.807, 2.05) is 27.7 Å². The zero-order valence-electron chi connectivity index (χ0n) is 72.2. The maximum Gasteiger partial charge on any atom is 0.306 e. The Morgan fingerprint density at radius 1 is 0.513 bits per heavy atom. The number of Topliss-reactive ketones (excluding diaryl/α,β-unsaturated/α-hetero) is 2. The van der Waals surface area contributed by atoms with Crippen LogP contribution in [0.4, 0.5) is 0 Å². The number of carbonyl (C=O) groups excluding carboxylic acids is 4. The average molecular weight is 1640 g/mol. The monoisotopic (exact) mass is 1640 g/mol. The van der Waals surface area contributed by atoms with Gasteiger partial charge < -0.3 is 90.9 Å². The van der Waals surface area contributed by atoms with E-state index in [0.717, 1.165) is 126 Å². The highest BCUT2D eigenvalue weighted by Crippen LogP contribution is 2.58. The van der Waals surface area contributed by atoms with Crippen LogP contribution in [-0.2, 0) is 95.0 Å². The molecule has 0 spiro atoms. The summed E-state index contributed by atoms with van der Waals surface area (Å²) in [6.07, 6.45) is 21.5. The molecule has 0 unspecified atom stereocenters. The SMILES string of the molecule is CC[C@H]1CCC[C@H](O[C@H]2CC[C@H](N(C)C)[C@@H](C)O2)[C@@H](C)C(=O)C2=C[C@@H]3[C@@H](C=C(C)[C@@H]4C[C@@H](O[C@@H]5O[C@@H](C)[C@H](OC)[C@@H](OC)[C@H]5OC)C[C@@H]34)[C@@H]2CC(=O)O1.CC[C@H]1CCC[C@H](O[C@H]2CC[C@H](N(C)C)[C@@H](C)O2)[C@@H](C)C(=O)C2=C[C@@H]3[C@@H](C=C[C@@H]4C[C@@H](O[C@@H]5O[C@@H](C)[C@H](OC)[C@@H](OC)[C@H]5OC)C[C@@H]34)[C@@H]2CC(=O)O1.O=[N+]([O-])/C=C1/NCCCS1. The van der Waals surface area contributed by atoms with Gasteiger partial charge in [-0.2, -0.15) is 0 Å². The molecule has 650 valence electrons. The lowest BCUT2D eigenvalue weighted by Gasteiger charge is -2.44. The van der Waals surface area contributed by atoms with E-state index in [-0.39, 0.29) is 194 Å². The van der Waals surface area contributed by atoms with Crippen molar-refractivity contribution in [2.75, 3.05) is 83.1 Å². The molecule has 13 rings (SSSR count). The summed E-state index contributed by atoms with van der Waals surface area (Å²) in [5.41, 5.74) is 2.84. The fraction of sp³-hybridized carbons (Fsp3) is 0.841. The van der Waals surface area contributed by atoms with Gasteiger partial charge in [-0.25, -0.2) is 0 Å². The second-order valence-corrected chi connectivity index (χ2v) is 36.5. The van der Waals surface area contributed by atoms with Gasteiger partial charge in [0.15, 0.2) is 36.7 Å². The summed E-state index contributed by atoms with van der Waals surface area (Å²) >= 11 is 1.50. The number of nitrogens with zero attached hydrogens (tertiary/aromatic N) is 3. The predicted octanol–water partition coefficient (Wildman–Crippen LogP) is 12.2. The lowest BCUT2D eigenvalue weighted by Crippen LogP contribution is -2.59. The number of ether oxygens (including phenoxy) is 16. The van der Waals surface area contributed by atoms with Gasteiger partial charge in [0.2, 0.25) is 0 Å². The summed E-state index contributed by atoms with van der Waals surface area (Å²) in [7, 11) is 18.3. The van der Waals surface area contributed by atoms with Crippen LogP contribution in [0, 0.1) is 81.1 Å². The molecule has 0 aromatic heterocycles. The van der Waals surface area contributed by atoms with Crippen molar-refractivity contribution in [2.45, 2.75) is 319 Å². The average Bonchev–Trinajstić information content (AvgIpc) is 1.59. The van der Waals surface area contributed by atoms with Crippen LogP contribution in [-0.4, -0.2) is 256 Å². The fourth-order valence-electron chi connectivity index (χ4n) is 21.9. The summed E-state index contributed by atoms with van der Waals surface area (Å²) < 4.78 is 99.3. The molecule has 0 aromatic rings. The number of rotatable bonds is 19. The Bertz CT molecular complexity index is 3370. The van der Waals surface area contributed by atoms with Crippen molar-refractivity contribution in [3.63, 3.8) is 0 Å². The minimum absolute atomic E-state index is 0.0364. The van der Waals surface area contributed by atoms with Crippen molar-refractivity contribution in [3.8, 4) is 0 Å². The Balaban J connectivity index is 0.000000202.